The molecule has 0 bridgehead atoms. The molecule has 0 spiro atoms. The lowest BCUT2D eigenvalue weighted by atomic mass is 9.62. The lowest BCUT2D eigenvalue weighted by molar-refractivity contribution is 0.524. The molecule has 13 heavy (non-hydrogen) atoms. The second kappa shape index (κ2) is 2.41. The lowest BCUT2D eigenvalue weighted by Crippen LogP contribution is -2.31. The fraction of sp³-hybridized carbons (Fsp3) is 0.455. The normalized spacial score (nSPS) is 17.2. The Morgan fingerprint density at radius 2 is 2.00 bits per heavy atom. The molecular formula is C11H11NO. The summed E-state index contributed by atoms with van der Waals surface area (Å²) in [6.45, 7) is 0.418. The minimum Gasteiger partial charge on any atom is -0.151 e. The molecule has 0 fully saturated rings. The van der Waals surface area contributed by atoms with Crippen LogP contribution in [-0.2, 0) is 19.3 Å². The molecule has 0 amide bonds. The van der Waals surface area contributed by atoms with Crippen molar-refractivity contribution in [3.05, 3.63) is 39.3 Å². The van der Waals surface area contributed by atoms with E-state index in [-0.39, 0.29) is 0 Å². The van der Waals surface area contributed by atoms with Gasteiger partial charge in [0, 0.05) is 0 Å². The summed E-state index contributed by atoms with van der Waals surface area (Å²) in [5.41, 5.74) is 5.96. The Morgan fingerprint density at radius 1 is 1.31 bits per heavy atom. The van der Waals surface area contributed by atoms with Gasteiger partial charge in [0.2, 0.25) is 0 Å². The zero-order valence-corrected chi connectivity index (χ0v) is 7.42. The first-order valence-electron chi connectivity index (χ1n) is 4.82. The summed E-state index contributed by atoms with van der Waals surface area (Å²) in [6.07, 6.45) is 3.35. The summed E-state index contributed by atoms with van der Waals surface area (Å²) in [6, 6.07) is 4.50. The van der Waals surface area contributed by atoms with Gasteiger partial charge in [0.15, 0.2) is 0 Å². The van der Waals surface area contributed by atoms with E-state index < -0.39 is 0 Å². The van der Waals surface area contributed by atoms with Gasteiger partial charge in [-0.15, -0.1) is 0 Å². The van der Waals surface area contributed by atoms with Crippen LogP contribution >= 0.6 is 0 Å². The highest BCUT2D eigenvalue weighted by Gasteiger charge is 2.37. The van der Waals surface area contributed by atoms with Crippen molar-refractivity contribution in [3.8, 4) is 0 Å². The van der Waals surface area contributed by atoms with Crippen molar-refractivity contribution < 1.29 is 0 Å². The average Bonchev–Trinajstić information content (AvgIpc) is 2.05. The molecule has 1 aromatic carbocycles. The topological polar surface area (TPSA) is 29.4 Å². The van der Waals surface area contributed by atoms with E-state index in [0.717, 1.165) is 12.3 Å². The largest absolute Gasteiger partial charge is 0.151 e. The molecule has 2 aliphatic rings. The first-order valence-corrected chi connectivity index (χ1v) is 4.82. The van der Waals surface area contributed by atoms with E-state index in [1.54, 1.807) is 5.56 Å². The van der Waals surface area contributed by atoms with Gasteiger partial charge in [0.1, 0.15) is 0 Å². The molecule has 0 atom stereocenters. The molecule has 0 N–H and O–H groups in total. The summed E-state index contributed by atoms with van der Waals surface area (Å²) < 4.78 is 0. The summed E-state index contributed by atoms with van der Waals surface area (Å²) >= 11 is 0. The van der Waals surface area contributed by atoms with Crippen molar-refractivity contribution in [2.75, 3.05) is 6.54 Å². The molecule has 0 aliphatic heterocycles. The maximum atomic E-state index is 9.99. The highest BCUT2D eigenvalue weighted by molar-refractivity contribution is 5.55. The van der Waals surface area contributed by atoms with Crippen molar-refractivity contribution in [2.45, 2.75) is 25.2 Å². The Kier molecular flexibility index (Phi) is 1.34. The Hall–Kier alpha value is -1.18. The van der Waals surface area contributed by atoms with Crippen molar-refractivity contribution >= 4 is 0 Å². The summed E-state index contributed by atoms with van der Waals surface area (Å²) in [5, 5.41) is 2.89. The Labute approximate surface area is 76.9 Å². The van der Waals surface area contributed by atoms with Gasteiger partial charge >= 0.3 is 0 Å². The zero-order valence-electron chi connectivity index (χ0n) is 7.42. The van der Waals surface area contributed by atoms with E-state index in [1.165, 1.54) is 29.5 Å². The van der Waals surface area contributed by atoms with Crippen molar-refractivity contribution in [2.24, 2.45) is 5.18 Å². The highest BCUT2D eigenvalue weighted by atomic mass is 16.3. The third-order valence-corrected chi connectivity index (χ3v) is 3.24. The number of hydrogen-bond donors (Lipinski definition) is 0. The van der Waals surface area contributed by atoms with E-state index in [0.29, 0.717) is 6.54 Å². The zero-order chi connectivity index (χ0) is 8.84. The van der Waals surface area contributed by atoms with Gasteiger partial charge < -0.3 is 0 Å². The smallest absolute Gasteiger partial charge is 0.0851 e. The Morgan fingerprint density at radius 3 is 2.54 bits per heavy atom. The summed E-state index contributed by atoms with van der Waals surface area (Å²) in [7, 11) is 0. The summed E-state index contributed by atoms with van der Waals surface area (Å²) in [4.78, 5) is 9.99. The molecule has 2 heteroatoms. The fourth-order valence-electron chi connectivity index (χ4n) is 2.58. The molecule has 0 radical (unpaired) electrons. The average molecular weight is 173 g/mol. The van der Waals surface area contributed by atoms with E-state index >= 15 is 0 Å². The van der Waals surface area contributed by atoms with E-state index in [4.69, 9.17) is 0 Å². The number of nitroso groups, excluding NO2 is 1. The van der Waals surface area contributed by atoms with Gasteiger partial charge in [-0.05, 0) is 47.4 Å². The van der Waals surface area contributed by atoms with Gasteiger partial charge in [-0.25, -0.2) is 0 Å². The molecule has 0 saturated carbocycles. The minimum absolute atomic E-state index is 0.418. The number of hydrogen-bond acceptors (Lipinski definition) is 2. The molecule has 1 aromatic rings. The van der Waals surface area contributed by atoms with Crippen LogP contribution in [0.25, 0.3) is 0 Å². The lowest BCUT2D eigenvalue weighted by Gasteiger charge is -2.42. The molecule has 2 aliphatic carbocycles. The minimum atomic E-state index is 0.418. The predicted molar refractivity (Wildman–Crippen MR) is 51.0 cm³/mol. The molecular weight excluding hydrogens is 162 g/mol. The summed E-state index contributed by atoms with van der Waals surface area (Å²) in [5.74, 6) is 0.892. The number of rotatable bonds is 3. The third-order valence-electron chi connectivity index (χ3n) is 3.24. The predicted octanol–water partition coefficient (Wildman–Crippen LogP) is 2.19. The van der Waals surface area contributed by atoms with Crippen LogP contribution < -0.4 is 0 Å². The first kappa shape index (κ1) is 7.25. The van der Waals surface area contributed by atoms with E-state index in [1.807, 2.05) is 0 Å². The van der Waals surface area contributed by atoms with E-state index in [2.05, 4.69) is 17.3 Å². The molecule has 0 heterocycles. The van der Waals surface area contributed by atoms with Crippen LogP contribution in [0.1, 0.15) is 28.2 Å². The number of nitrogens with zero attached hydrogens (tertiary/aromatic N) is 1. The fourth-order valence-corrected chi connectivity index (χ4v) is 2.58. The molecule has 0 aromatic heterocycles. The Bertz CT molecular complexity index is 357. The van der Waals surface area contributed by atoms with Crippen LogP contribution in [0, 0.1) is 4.91 Å². The van der Waals surface area contributed by atoms with Gasteiger partial charge in [-0.2, -0.15) is 4.91 Å². The van der Waals surface area contributed by atoms with Crippen LogP contribution in [0.4, 0.5) is 0 Å². The molecule has 0 saturated heterocycles. The number of benzene rings is 1. The van der Waals surface area contributed by atoms with Crippen LogP contribution in [0.3, 0.4) is 0 Å². The standard InChI is InChI=1S/C11H11NO/c13-12-2-1-7-3-8-5-10-6-9(4-7)11(8)10/h3-4,10H,1-2,5-6H2. The molecule has 3 rings (SSSR count). The van der Waals surface area contributed by atoms with Crippen LogP contribution in [-0.4, -0.2) is 6.54 Å². The second-order valence-electron chi connectivity index (χ2n) is 4.04. The van der Waals surface area contributed by atoms with Crippen LogP contribution in [0.2, 0.25) is 0 Å². The molecule has 66 valence electrons. The van der Waals surface area contributed by atoms with Gasteiger partial charge in [0.05, 0.1) is 6.54 Å². The molecule has 0 unspecified atom stereocenters. The maximum absolute atomic E-state index is 9.99. The van der Waals surface area contributed by atoms with E-state index in [9.17, 15) is 4.91 Å². The van der Waals surface area contributed by atoms with Gasteiger partial charge in [-0.1, -0.05) is 17.3 Å². The SMILES string of the molecule is O=NCCc1cc2c3c(c1)CC3C2. The van der Waals surface area contributed by atoms with Crippen molar-refractivity contribution in [1.29, 1.82) is 0 Å². The highest BCUT2D eigenvalue weighted by Crippen LogP contribution is 2.49. The maximum Gasteiger partial charge on any atom is 0.0851 e. The van der Waals surface area contributed by atoms with Gasteiger partial charge in [-0.3, -0.25) is 0 Å². The Balaban J connectivity index is 1.92. The van der Waals surface area contributed by atoms with Gasteiger partial charge in [0.25, 0.3) is 0 Å². The van der Waals surface area contributed by atoms with Crippen molar-refractivity contribution in [1.82, 2.24) is 0 Å². The molecule has 2 nitrogen and oxygen atoms in total. The third kappa shape index (κ3) is 0.886. The second-order valence-corrected chi connectivity index (χ2v) is 4.04. The van der Waals surface area contributed by atoms with Crippen LogP contribution in [0.5, 0.6) is 0 Å². The quantitative estimate of drug-likeness (QED) is 0.644. The first-order chi connectivity index (χ1) is 6.38. The van der Waals surface area contributed by atoms with Crippen molar-refractivity contribution in [3.63, 3.8) is 0 Å². The monoisotopic (exact) mass is 173 g/mol. The van der Waals surface area contributed by atoms with Crippen LogP contribution in [0.15, 0.2) is 17.3 Å².